The van der Waals surface area contributed by atoms with Gasteiger partial charge < -0.3 is 15.4 Å². The molecule has 0 fully saturated rings. The number of benzene rings is 2. The summed E-state index contributed by atoms with van der Waals surface area (Å²) in [6.07, 6.45) is 1.52. The van der Waals surface area contributed by atoms with Gasteiger partial charge in [-0.25, -0.2) is 9.78 Å². The third-order valence-corrected chi connectivity index (χ3v) is 4.55. The smallest absolute Gasteiger partial charge is 0.338 e. The molecule has 0 radical (unpaired) electrons. The Bertz CT molecular complexity index is 1010. The van der Waals surface area contributed by atoms with E-state index in [0.29, 0.717) is 23.6 Å². The number of aromatic nitrogens is 1. The van der Waals surface area contributed by atoms with Crippen LogP contribution < -0.4 is 10.6 Å². The van der Waals surface area contributed by atoms with Crippen molar-refractivity contribution >= 4 is 29.1 Å². The first-order valence-corrected chi connectivity index (χ1v) is 9.35. The summed E-state index contributed by atoms with van der Waals surface area (Å²) in [5, 5.41) is 6.06. The summed E-state index contributed by atoms with van der Waals surface area (Å²) < 4.78 is 4.97. The van der Waals surface area contributed by atoms with Gasteiger partial charge in [-0.05, 0) is 74.4 Å². The molecule has 0 saturated carbocycles. The van der Waals surface area contributed by atoms with Crippen molar-refractivity contribution in [2.75, 3.05) is 17.2 Å². The predicted molar refractivity (Wildman–Crippen MR) is 114 cm³/mol. The second kappa shape index (κ2) is 9.01. The van der Waals surface area contributed by atoms with E-state index in [1.165, 1.54) is 6.20 Å². The second-order valence-electron chi connectivity index (χ2n) is 6.56. The van der Waals surface area contributed by atoms with Gasteiger partial charge in [-0.15, -0.1) is 0 Å². The highest BCUT2D eigenvalue weighted by molar-refractivity contribution is 6.04. The zero-order valence-corrected chi connectivity index (χ0v) is 16.7. The standard InChI is InChI=1S/C23H23N3O3/c1-4-29-23(28)17-8-11-19(12-9-17)25-21-13-10-18(14-24-21)22(27)26-20-7-5-6-15(2)16(20)3/h5-14H,4H2,1-3H3,(H,24,25)(H,26,27). The molecule has 1 amide bonds. The van der Waals surface area contributed by atoms with Gasteiger partial charge in [0.15, 0.2) is 0 Å². The van der Waals surface area contributed by atoms with Gasteiger partial charge in [-0.2, -0.15) is 0 Å². The Morgan fingerprint density at radius 3 is 2.34 bits per heavy atom. The van der Waals surface area contributed by atoms with E-state index >= 15 is 0 Å². The molecule has 0 atom stereocenters. The summed E-state index contributed by atoms with van der Waals surface area (Å²) in [5.74, 6) is 0.0325. The number of nitrogens with one attached hydrogen (secondary N) is 2. The molecule has 148 valence electrons. The summed E-state index contributed by atoms with van der Waals surface area (Å²) in [6.45, 7) is 6.09. The number of carbonyl (C=O) groups is 2. The van der Waals surface area contributed by atoms with Crippen LogP contribution in [0.15, 0.2) is 60.8 Å². The molecule has 2 N–H and O–H groups in total. The molecule has 1 aromatic heterocycles. The van der Waals surface area contributed by atoms with E-state index in [1.807, 2.05) is 32.0 Å². The van der Waals surface area contributed by atoms with E-state index in [4.69, 9.17) is 4.74 Å². The molecule has 0 bridgehead atoms. The SMILES string of the molecule is CCOC(=O)c1ccc(Nc2ccc(C(=O)Nc3cccc(C)c3C)cn2)cc1. The first-order valence-electron chi connectivity index (χ1n) is 9.35. The number of carbonyl (C=O) groups excluding carboxylic acids is 2. The molecule has 0 unspecified atom stereocenters. The highest BCUT2D eigenvalue weighted by atomic mass is 16.5. The molecule has 0 aliphatic heterocycles. The van der Waals surface area contributed by atoms with Gasteiger partial charge in [0.1, 0.15) is 5.82 Å². The van der Waals surface area contributed by atoms with Crippen molar-refractivity contribution < 1.29 is 14.3 Å². The van der Waals surface area contributed by atoms with Crippen molar-refractivity contribution in [1.29, 1.82) is 0 Å². The minimum absolute atomic E-state index is 0.212. The molecule has 0 spiro atoms. The van der Waals surface area contributed by atoms with Gasteiger partial charge in [-0.3, -0.25) is 4.79 Å². The highest BCUT2D eigenvalue weighted by Gasteiger charge is 2.10. The summed E-state index contributed by atoms with van der Waals surface area (Å²) in [7, 11) is 0. The fourth-order valence-corrected chi connectivity index (χ4v) is 2.74. The predicted octanol–water partition coefficient (Wildman–Crippen LogP) is 4.87. The van der Waals surface area contributed by atoms with Crippen LogP contribution in [0.5, 0.6) is 0 Å². The second-order valence-corrected chi connectivity index (χ2v) is 6.56. The van der Waals surface area contributed by atoms with Crippen molar-refractivity contribution in [3.8, 4) is 0 Å². The fraction of sp³-hybridized carbons (Fsp3) is 0.174. The van der Waals surface area contributed by atoms with Crippen LogP contribution in [-0.2, 0) is 4.74 Å². The first-order chi connectivity index (χ1) is 14.0. The molecule has 2 aromatic carbocycles. The van der Waals surface area contributed by atoms with Crippen LogP contribution >= 0.6 is 0 Å². The average molecular weight is 389 g/mol. The van der Waals surface area contributed by atoms with Crippen molar-refractivity contribution in [1.82, 2.24) is 4.98 Å². The highest BCUT2D eigenvalue weighted by Crippen LogP contribution is 2.20. The van der Waals surface area contributed by atoms with E-state index < -0.39 is 0 Å². The summed E-state index contributed by atoms with van der Waals surface area (Å²) in [4.78, 5) is 28.5. The molecule has 6 nitrogen and oxygen atoms in total. The summed E-state index contributed by atoms with van der Waals surface area (Å²) >= 11 is 0. The van der Waals surface area contributed by atoms with E-state index in [1.54, 1.807) is 43.3 Å². The average Bonchev–Trinajstić information content (AvgIpc) is 2.72. The van der Waals surface area contributed by atoms with Crippen LogP contribution in [-0.4, -0.2) is 23.5 Å². The molecule has 0 aliphatic rings. The van der Waals surface area contributed by atoms with Gasteiger partial charge in [0.05, 0.1) is 17.7 Å². The largest absolute Gasteiger partial charge is 0.462 e. The minimum atomic E-state index is -0.351. The van der Waals surface area contributed by atoms with Gasteiger partial charge in [-0.1, -0.05) is 12.1 Å². The Kier molecular flexibility index (Phi) is 6.24. The maximum absolute atomic E-state index is 12.5. The molecular formula is C23H23N3O3. The number of aryl methyl sites for hydroxylation is 1. The van der Waals surface area contributed by atoms with Crippen LogP contribution in [0.3, 0.4) is 0 Å². The molecule has 1 heterocycles. The van der Waals surface area contributed by atoms with E-state index in [9.17, 15) is 9.59 Å². The van der Waals surface area contributed by atoms with Crippen LogP contribution in [0.25, 0.3) is 0 Å². The third-order valence-electron chi connectivity index (χ3n) is 4.55. The Morgan fingerprint density at radius 2 is 1.69 bits per heavy atom. The van der Waals surface area contributed by atoms with Crippen molar-refractivity contribution in [3.05, 3.63) is 83.0 Å². The molecule has 0 saturated heterocycles. The lowest BCUT2D eigenvalue weighted by Crippen LogP contribution is -2.13. The number of ether oxygens (including phenoxy) is 1. The van der Waals surface area contributed by atoms with Crippen LogP contribution in [0.4, 0.5) is 17.2 Å². The number of amides is 1. The van der Waals surface area contributed by atoms with E-state index in [0.717, 1.165) is 22.5 Å². The Morgan fingerprint density at radius 1 is 0.966 bits per heavy atom. The zero-order chi connectivity index (χ0) is 20.8. The quantitative estimate of drug-likeness (QED) is 0.588. The van der Waals surface area contributed by atoms with Crippen LogP contribution in [0, 0.1) is 13.8 Å². The van der Waals surface area contributed by atoms with Gasteiger partial charge in [0.25, 0.3) is 5.91 Å². The lowest BCUT2D eigenvalue weighted by molar-refractivity contribution is 0.0526. The summed E-state index contributed by atoms with van der Waals surface area (Å²) in [5.41, 5.74) is 4.68. The Balaban J connectivity index is 1.64. The van der Waals surface area contributed by atoms with Gasteiger partial charge in [0.2, 0.25) is 0 Å². The molecule has 3 rings (SSSR count). The van der Waals surface area contributed by atoms with Crippen LogP contribution in [0.2, 0.25) is 0 Å². The maximum Gasteiger partial charge on any atom is 0.338 e. The zero-order valence-electron chi connectivity index (χ0n) is 16.7. The van der Waals surface area contributed by atoms with Crippen molar-refractivity contribution in [2.24, 2.45) is 0 Å². The first kappa shape index (κ1) is 20.1. The monoisotopic (exact) mass is 389 g/mol. The summed E-state index contributed by atoms with van der Waals surface area (Å²) in [6, 6.07) is 16.2. The molecular weight excluding hydrogens is 366 g/mol. The third kappa shape index (κ3) is 4.99. The van der Waals surface area contributed by atoms with E-state index in [2.05, 4.69) is 15.6 Å². The fourth-order valence-electron chi connectivity index (χ4n) is 2.74. The van der Waals surface area contributed by atoms with Gasteiger partial charge >= 0.3 is 5.97 Å². The number of pyridine rings is 1. The van der Waals surface area contributed by atoms with Crippen molar-refractivity contribution in [3.63, 3.8) is 0 Å². The lowest BCUT2D eigenvalue weighted by atomic mass is 10.1. The maximum atomic E-state index is 12.5. The Labute approximate surface area is 169 Å². The number of hydrogen-bond acceptors (Lipinski definition) is 5. The number of rotatable bonds is 6. The normalized spacial score (nSPS) is 10.3. The minimum Gasteiger partial charge on any atom is -0.462 e. The van der Waals surface area contributed by atoms with E-state index in [-0.39, 0.29) is 11.9 Å². The topological polar surface area (TPSA) is 80.3 Å². The number of nitrogens with zero attached hydrogens (tertiary/aromatic N) is 1. The number of anilines is 3. The Hall–Kier alpha value is -3.67. The van der Waals surface area contributed by atoms with Gasteiger partial charge in [0, 0.05) is 17.6 Å². The van der Waals surface area contributed by atoms with Crippen LogP contribution in [0.1, 0.15) is 38.8 Å². The molecule has 3 aromatic rings. The molecule has 29 heavy (non-hydrogen) atoms. The molecule has 6 heteroatoms. The number of esters is 1. The number of hydrogen-bond donors (Lipinski definition) is 2. The lowest BCUT2D eigenvalue weighted by Gasteiger charge is -2.11. The van der Waals surface area contributed by atoms with Crippen molar-refractivity contribution in [2.45, 2.75) is 20.8 Å². The molecule has 0 aliphatic carbocycles.